The molecular formula is C13H15ClN6O. The average molecular weight is 307 g/mol. The van der Waals surface area contributed by atoms with E-state index in [1.807, 2.05) is 0 Å². The van der Waals surface area contributed by atoms with Gasteiger partial charge in [0.25, 0.3) is 0 Å². The number of carbonyl (C=O) groups is 1. The summed E-state index contributed by atoms with van der Waals surface area (Å²) in [5.41, 5.74) is 8.48. The number of amidine groups is 1. The lowest BCUT2D eigenvalue weighted by Crippen LogP contribution is -2.21. The SMILES string of the molecule is CC(C)C(=O)Nc1ccc(N/N=C(\C#N)C(=N)N)cc1Cl. The highest BCUT2D eigenvalue weighted by Crippen LogP contribution is 2.26. The fourth-order valence-corrected chi connectivity index (χ4v) is 1.46. The fourth-order valence-electron chi connectivity index (χ4n) is 1.23. The van der Waals surface area contributed by atoms with E-state index < -0.39 is 5.84 Å². The number of halogens is 1. The summed E-state index contributed by atoms with van der Waals surface area (Å²) in [6, 6.07) is 6.46. The molecule has 7 nitrogen and oxygen atoms in total. The number of hydrogen-bond donors (Lipinski definition) is 4. The van der Waals surface area contributed by atoms with Crippen molar-refractivity contribution in [3.8, 4) is 6.07 Å². The van der Waals surface area contributed by atoms with E-state index in [9.17, 15) is 4.79 Å². The van der Waals surface area contributed by atoms with Crippen molar-refractivity contribution in [3.63, 3.8) is 0 Å². The molecule has 1 amide bonds. The topological polar surface area (TPSA) is 127 Å². The second-order valence-electron chi connectivity index (χ2n) is 4.44. The lowest BCUT2D eigenvalue weighted by Gasteiger charge is -2.10. The van der Waals surface area contributed by atoms with Gasteiger partial charge in [-0.05, 0) is 18.2 Å². The summed E-state index contributed by atoms with van der Waals surface area (Å²) in [6.07, 6.45) is 0. The van der Waals surface area contributed by atoms with Crippen LogP contribution in [0.1, 0.15) is 13.8 Å². The zero-order chi connectivity index (χ0) is 16.0. The summed E-state index contributed by atoms with van der Waals surface area (Å²) in [6.45, 7) is 3.55. The summed E-state index contributed by atoms with van der Waals surface area (Å²) in [5.74, 6) is -0.729. The number of nitrogens with two attached hydrogens (primary N) is 1. The fraction of sp³-hybridized carbons (Fsp3) is 0.231. The summed E-state index contributed by atoms with van der Waals surface area (Å²) in [4.78, 5) is 11.6. The highest BCUT2D eigenvalue weighted by Gasteiger charge is 2.10. The van der Waals surface area contributed by atoms with E-state index >= 15 is 0 Å². The average Bonchev–Trinajstić information content (AvgIpc) is 2.41. The lowest BCUT2D eigenvalue weighted by molar-refractivity contribution is -0.118. The zero-order valence-corrected chi connectivity index (χ0v) is 12.3. The molecular weight excluding hydrogens is 292 g/mol. The molecule has 0 aliphatic carbocycles. The van der Waals surface area contributed by atoms with Crippen molar-refractivity contribution in [1.82, 2.24) is 0 Å². The number of carbonyl (C=O) groups excluding carboxylic acids is 1. The molecule has 110 valence electrons. The number of anilines is 2. The number of hydrazone groups is 1. The smallest absolute Gasteiger partial charge is 0.226 e. The Labute approximate surface area is 127 Å². The molecule has 1 aromatic rings. The van der Waals surface area contributed by atoms with Crippen LogP contribution in [-0.2, 0) is 4.79 Å². The Morgan fingerprint density at radius 1 is 1.52 bits per heavy atom. The third kappa shape index (κ3) is 4.78. The van der Waals surface area contributed by atoms with Crippen molar-refractivity contribution < 1.29 is 4.79 Å². The van der Waals surface area contributed by atoms with Crippen LogP contribution in [0.25, 0.3) is 0 Å². The summed E-state index contributed by atoms with van der Waals surface area (Å²) < 4.78 is 0. The highest BCUT2D eigenvalue weighted by atomic mass is 35.5. The van der Waals surface area contributed by atoms with Gasteiger partial charge in [0, 0.05) is 5.92 Å². The molecule has 0 aliphatic rings. The Bertz CT molecular complexity index is 632. The van der Waals surface area contributed by atoms with Gasteiger partial charge in [0.15, 0.2) is 5.84 Å². The van der Waals surface area contributed by atoms with E-state index in [0.717, 1.165) is 0 Å². The number of nitrogens with zero attached hydrogens (tertiary/aromatic N) is 2. The van der Waals surface area contributed by atoms with Gasteiger partial charge in [-0.1, -0.05) is 25.4 Å². The van der Waals surface area contributed by atoms with E-state index in [0.29, 0.717) is 16.4 Å². The van der Waals surface area contributed by atoms with Gasteiger partial charge in [-0.2, -0.15) is 10.4 Å². The van der Waals surface area contributed by atoms with Gasteiger partial charge in [-0.3, -0.25) is 15.6 Å². The molecule has 5 N–H and O–H groups in total. The number of rotatable bonds is 5. The van der Waals surface area contributed by atoms with Crippen LogP contribution in [0.3, 0.4) is 0 Å². The van der Waals surface area contributed by atoms with Gasteiger partial charge in [0.1, 0.15) is 6.07 Å². The molecule has 0 spiro atoms. The summed E-state index contributed by atoms with van der Waals surface area (Å²) >= 11 is 6.05. The molecule has 0 atom stereocenters. The van der Waals surface area contributed by atoms with E-state index in [1.165, 1.54) is 6.07 Å². The molecule has 0 fully saturated rings. The van der Waals surface area contributed by atoms with Crippen molar-refractivity contribution in [1.29, 1.82) is 10.7 Å². The summed E-state index contributed by atoms with van der Waals surface area (Å²) in [7, 11) is 0. The van der Waals surface area contributed by atoms with Crippen LogP contribution in [0.2, 0.25) is 5.02 Å². The minimum atomic E-state index is -0.433. The molecule has 0 aromatic heterocycles. The van der Waals surface area contributed by atoms with E-state index in [4.69, 9.17) is 28.0 Å². The maximum atomic E-state index is 11.6. The first-order valence-electron chi connectivity index (χ1n) is 6.03. The van der Waals surface area contributed by atoms with E-state index in [2.05, 4.69) is 15.8 Å². The van der Waals surface area contributed by atoms with Crippen molar-refractivity contribution in [2.75, 3.05) is 10.7 Å². The Morgan fingerprint density at radius 3 is 2.67 bits per heavy atom. The molecule has 0 bridgehead atoms. The zero-order valence-electron chi connectivity index (χ0n) is 11.6. The maximum absolute atomic E-state index is 11.6. The monoisotopic (exact) mass is 306 g/mol. The van der Waals surface area contributed by atoms with Gasteiger partial charge >= 0.3 is 0 Å². The first-order chi connectivity index (χ1) is 9.85. The minimum Gasteiger partial charge on any atom is -0.382 e. The van der Waals surface area contributed by atoms with Crippen molar-refractivity contribution in [3.05, 3.63) is 23.2 Å². The first kappa shape index (κ1) is 16.5. The number of benzene rings is 1. The molecule has 0 unspecified atom stereocenters. The Balaban J connectivity index is 2.86. The summed E-state index contributed by atoms with van der Waals surface area (Å²) in [5, 5.41) is 22.5. The molecule has 21 heavy (non-hydrogen) atoms. The molecule has 0 aliphatic heterocycles. The van der Waals surface area contributed by atoms with Crippen LogP contribution >= 0.6 is 11.6 Å². The third-order valence-corrected chi connectivity index (χ3v) is 2.72. The van der Waals surface area contributed by atoms with Gasteiger partial charge in [-0.25, -0.2) is 0 Å². The predicted octanol–water partition coefficient (Wildman–Crippen LogP) is 2.16. The molecule has 8 heteroatoms. The largest absolute Gasteiger partial charge is 0.382 e. The second-order valence-corrected chi connectivity index (χ2v) is 4.84. The molecule has 0 radical (unpaired) electrons. The molecule has 0 saturated heterocycles. The van der Waals surface area contributed by atoms with Crippen LogP contribution in [-0.4, -0.2) is 17.5 Å². The first-order valence-corrected chi connectivity index (χ1v) is 6.41. The Kier molecular flexibility index (Phi) is 5.69. The van der Waals surface area contributed by atoms with Gasteiger partial charge < -0.3 is 11.1 Å². The van der Waals surface area contributed by atoms with Crippen molar-refractivity contribution in [2.45, 2.75) is 13.8 Å². The molecule has 0 saturated carbocycles. The number of hydrogen-bond acceptors (Lipinski definition) is 5. The highest BCUT2D eigenvalue weighted by molar-refractivity contribution is 6.45. The van der Waals surface area contributed by atoms with E-state index in [1.54, 1.807) is 32.0 Å². The third-order valence-electron chi connectivity index (χ3n) is 2.41. The normalized spacial score (nSPS) is 10.9. The lowest BCUT2D eigenvalue weighted by atomic mass is 10.2. The maximum Gasteiger partial charge on any atom is 0.226 e. The van der Waals surface area contributed by atoms with Gasteiger partial charge in [-0.15, -0.1) is 0 Å². The van der Waals surface area contributed by atoms with Crippen molar-refractivity contribution in [2.24, 2.45) is 16.8 Å². The standard InChI is InChI=1S/C13H15ClN6O/c1-7(2)13(21)18-10-4-3-8(5-9(10)14)19-20-11(6-15)12(16)17/h3-5,7,19H,1-2H3,(H3,16,17)(H,18,21)/b20-11+. The van der Waals surface area contributed by atoms with Crippen molar-refractivity contribution >= 4 is 40.4 Å². The van der Waals surface area contributed by atoms with E-state index in [-0.39, 0.29) is 17.5 Å². The Hall–Kier alpha value is -2.59. The van der Waals surface area contributed by atoms with Gasteiger partial charge in [0.05, 0.1) is 16.4 Å². The minimum absolute atomic E-state index is 0.140. The van der Waals surface area contributed by atoms with Crippen LogP contribution < -0.4 is 16.5 Å². The number of nitrogens with one attached hydrogen (secondary N) is 3. The Morgan fingerprint density at radius 2 is 2.19 bits per heavy atom. The molecule has 0 heterocycles. The second kappa shape index (κ2) is 7.26. The predicted molar refractivity (Wildman–Crippen MR) is 83.5 cm³/mol. The van der Waals surface area contributed by atoms with Crippen LogP contribution in [0, 0.1) is 22.7 Å². The van der Waals surface area contributed by atoms with Crippen LogP contribution in [0.15, 0.2) is 23.3 Å². The van der Waals surface area contributed by atoms with Crippen LogP contribution in [0.4, 0.5) is 11.4 Å². The number of nitriles is 1. The number of amides is 1. The molecule has 1 aromatic carbocycles. The molecule has 1 rings (SSSR count). The van der Waals surface area contributed by atoms with Gasteiger partial charge in [0.2, 0.25) is 11.6 Å². The quantitative estimate of drug-likeness (QED) is 0.377. The van der Waals surface area contributed by atoms with Crippen LogP contribution in [0.5, 0.6) is 0 Å².